The lowest BCUT2D eigenvalue weighted by Crippen LogP contribution is -2.51. The number of ether oxygens (including phenoxy) is 1. The smallest absolute Gasteiger partial charge is 0.0697 e. The molecular weight excluding hydrogens is 248 g/mol. The molecule has 3 aliphatic heterocycles. The first-order chi connectivity index (χ1) is 9.77. The molecule has 1 saturated carbocycles. The van der Waals surface area contributed by atoms with Crippen LogP contribution in [0.2, 0.25) is 0 Å². The molecule has 4 unspecified atom stereocenters. The van der Waals surface area contributed by atoms with E-state index in [1.54, 1.807) is 0 Å². The van der Waals surface area contributed by atoms with Gasteiger partial charge in [-0.15, -0.1) is 0 Å². The molecule has 3 saturated heterocycles. The first-order valence-corrected chi connectivity index (χ1v) is 8.88. The Morgan fingerprint density at radius 1 is 1.15 bits per heavy atom. The Labute approximate surface area is 123 Å². The van der Waals surface area contributed by atoms with Gasteiger partial charge in [-0.05, 0) is 57.5 Å². The first kappa shape index (κ1) is 13.5. The van der Waals surface area contributed by atoms with Gasteiger partial charge in [-0.1, -0.05) is 19.3 Å². The minimum absolute atomic E-state index is 0.261. The first-order valence-electron chi connectivity index (χ1n) is 8.88. The molecule has 114 valence electrons. The molecule has 1 spiro atoms. The Balaban J connectivity index is 1.46. The van der Waals surface area contributed by atoms with E-state index < -0.39 is 0 Å². The summed E-state index contributed by atoms with van der Waals surface area (Å²) in [4.78, 5) is 2.86. The molecule has 1 N–H and O–H groups in total. The molecule has 0 radical (unpaired) electrons. The fourth-order valence-electron chi connectivity index (χ4n) is 5.51. The molecule has 4 atom stereocenters. The molecule has 3 heterocycles. The molecule has 4 aliphatic rings. The van der Waals surface area contributed by atoms with E-state index in [9.17, 15) is 0 Å². The molecule has 4 rings (SSSR count). The molecule has 0 amide bonds. The van der Waals surface area contributed by atoms with Crippen molar-refractivity contribution in [2.45, 2.75) is 69.6 Å². The molecule has 0 aromatic carbocycles. The number of nitrogens with zero attached hydrogens (tertiary/aromatic N) is 1. The number of rotatable bonds is 1. The highest BCUT2D eigenvalue weighted by atomic mass is 16.5. The van der Waals surface area contributed by atoms with Gasteiger partial charge in [0.2, 0.25) is 0 Å². The maximum atomic E-state index is 6.29. The summed E-state index contributed by atoms with van der Waals surface area (Å²) in [7, 11) is 0. The van der Waals surface area contributed by atoms with E-state index in [2.05, 4.69) is 17.1 Å². The van der Waals surface area contributed by atoms with E-state index in [-0.39, 0.29) is 5.60 Å². The van der Waals surface area contributed by atoms with Crippen LogP contribution in [0, 0.1) is 11.8 Å². The third-order valence-electron chi connectivity index (χ3n) is 6.68. The van der Waals surface area contributed by atoms with E-state index >= 15 is 0 Å². The van der Waals surface area contributed by atoms with E-state index in [0.29, 0.717) is 0 Å². The monoisotopic (exact) mass is 278 g/mol. The summed E-state index contributed by atoms with van der Waals surface area (Å²) >= 11 is 0. The predicted octanol–water partition coefficient (Wildman–Crippen LogP) is 2.41. The van der Waals surface area contributed by atoms with Crippen LogP contribution >= 0.6 is 0 Å². The van der Waals surface area contributed by atoms with Crippen molar-refractivity contribution in [1.82, 2.24) is 10.2 Å². The summed E-state index contributed by atoms with van der Waals surface area (Å²) in [5.74, 6) is 1.82. The fraction of sp³-hybridized carbons (Fsp3) is 1.00. The van der Waals surface area contributed by atoms with Gasteiger partial charge in [-0.3, -0.25) is 4.90 Å². The maximum Gasteiger partial charge on any atom is 0.0697 e. The van der Waals surface area contributed by atoms with Gasteiger partial charge in [-0.25, -0.2) is 0 Å². The second-order valence-electron chi connectivity index (χ2n) is 7.76. The number of fused-ring (bicyclic) bond motifs is 1. The quantitative estimate of drug-likeness (QED) is 0.797. The molecule has 4 fully saturated rings. The van der Waals surface area contributed by atoms with Crippen LogP contribution in [0.15, 0.2) is 0 Å². The zero-order chi connectivity index (χ0) is 13.6. The van der Waals surface area contributed by atoms with Crippen LogP contribution < -0.4 is 5.32 Å². The zero-order valence-corrected chi connectivity index (χ0v) is 12.9. The average molecular weight is 278 g/mol. The number of hydrogen-bond donors (Lipinski definition) is 1. The number of nitrogens with one attached hydrogen (secondary N) is 1. The Hall–Kier alpha value is -0.120. The Kier molecular flexibility index (Phi) is 3.56. The van der Waals surface area contributed by atoms with Crippen molar-refractivity contribution < 1.29 is 4.74 Å². The number of likely N-dealkylation sites (tertiary alicyclic amines) is 1. The van der Waals surface area contributed by atoms with Gasteiger partial charge in [0, 0.05) is 25.2 Å². The molecule has 1 aliphatic carbocycles. The lowest BCUT2D eigenvalue weighted by Gasteiger charge is -2.47. The van der Waals surface area contributed by atoms with E-state index in [4.69, 9.17) is 4.74 Å². The van der Waals surface area contributed by atoms with Crippen LogP contribution in [0.4, 0.5) is 0 Å². The maximum absolute atomic E-state index is 6.29. The Morgan fingerprint density at radius 3 is 2.80 bits per heavy atom. The average Bonchev–Trinajstić information content (AvgIpc) is 3.03. The molecule has 0 aromatic rings. The van der Waals surface area contributed by atoms with E-state index in [1.807, 2.05) is 0 Å². The Morgan fingerprint density at radius 2 is 2.00 bits per heavy atom. The van der Waals surface area contributed by atoms with Crippen molar-refractivity contribution in [3.05, 3.63) is 0 Å². The lowest BCUT2D eigenvalue weighted by molar-refractivity contribution is -0.125. The predicted molar refractivity (Wildman–Crippen MR) is 80.8 cm³/mol. The third kappa shape index (κ3) is 2.22. The molecule has 3 nitrogen and oxygen atoms in total. The van der Waals surface area contributed by atoms with Crippen LogP contribution in [0.5, 0.6) is 0 Å². The molecule has 0 bridgehead atoms. The summed E-state index contributed by atoms with van der Waals surface area (Å²) in [6.45, 7) is 7.30. The van der Waals surface area contributed by atoms with Crippen molar-refractivity contribution in [3.63, 3.8) is 0 Å². The van der Waals surface area contributed by atoms with Crippen molar-refractivity contribution in [2.24, 2.45) is 11.8 Å². The van der Waals surface area contributed by atoms with E-state index in [0.717, 1.165) is 30.5 Å². The summed E-state index contributed by atoms with van der Waals surface area (Å²) in [6.07, 6.45) is 9.41. The summed E-state index contributed by atoms with van der Waals surface area (Å²) in [5, 5.41) is 3.58. The SMILES string of the molecule is CC1C2CNCC2CN1C1CCOC2(CCCCC2)C1. The molecular formula is C17H30N2O. The van der Waals surface area contributed by atoms with Crippen LogP contribution in [-0.2, 0) is 4.74 Å². The summed E-state index contributed by atoms with van der Waals surface area (Å²) in [6, 6.07) is 1.57. The minimum Gasteiger partial charge on any atom is -0.375 e. The normalized spacial score (nSPS) is 44.9. The van der Waals surface area contributed by atoms with E-state index in [1.165, 1.54) is 64.6 Å². The fourth-order valence-corrected chi connectivity index (χ4v) is 5.51. The lowest BCUT2D eigenvalue weighted by atomic mass is 9.78. The van der Waals surface area contributed by atoms with Crippen molar-refractivity contribution in [2.75, 3.05) is 26.2 Å². The highest BCUT2D eigenvalue weighted by Gasteiger charge is 2.47. The van der Waals surface area contributed by atoms with Crippen LogP contribution in [0.3, 0.4) is 0 Å². The second-order valence-corrected chi connectivity index (χ2v) is 7.76. The zero-order valence-electron chi connectivity index (χ0n) is 12.9. The highest BCUT2D eigenvalue weighted by molar-refractivity contribution is 5.01. The molecule has 3 heteroatoms. The number of hydrogen-bond acceptors (Lipinski definition) is 3. The largest absolute Gasteiger partial charge is 0.375 e. The van der Waals surface area contributed by atoms with Gasteiger partial charge >= 0.3 is 0 Å². The summed E-state index contributed by atoms with van der Waals surface area (Å²) < 4.78 is 6.29. The van der Waals surface area contributed by atoms with Crippen LogP contribution in [0.1, 0.15) is 51.9 Å². The molecule has 0 aromatic heterocycles. The second kappa shape index (κ2) is 5.26. The van der Waals surface area contributed by atoms with Crippen LogP contribution in [-0.4, -0.2) is 48.8 Å². The summed E-state index contributed by atoms with van der Waals surface area (Å²) in [5.41, 5.74) is 0.261. The van der Waals surface area contributed by atoms with Gasteiger partial charge in [0.05, 0.1) is 5.60 Å². The Bertz CT molecular complexity index is 347. The topological polar surface area (TPSA) is 24.5 Å². The standard InChI is InChI=1S/C17H30N2O/c1-13-16-11-18-10-14(16)12-19(13)15-5-8-20-17(9-15)6-3-2-4-7-17/h13-16,18H,2-12H2,1H3. The van der Waals surface area contributed by atoms with Crippen molar-refractivity contribution >= 4 is 0 Å². The van der Waals surface area contributed by atoms with Crippen molar-refractivity contribution in [1.29, 1.82) is 0 Å². The third-order valence-corrected chi connectivity index (χ3v) is 6.68. The van der Waals surface area contributed by atoms with Gasteiger partial charge in [-0.2, -0.15) is 0 Å². The highest BCUT2D eigenvalue weighted by Crippen LogP contribution is 2.43. The van der Waals surface area contributed by atoms with Gasteiger partial charge < -0.3 is 10.1 Å². The van der Waals surface area contributed by atoms with Crippen LogP contribution in [0.25, 0.3) is 0 Å². The van der Waals surface area contributed by atoms with Gasteiger partial charge in [0.15, 0.2) is 0 Å². The van der Waals surface area contributed by atoms with Gasteiger partial charge in [0.1, 0.15) is 0 Å². The van der Waals surface area contributed by atoms with Crippen molar-refractivity contribution in [3.8, 4) is 0 Å². The minimum atomic E-state index is 0.261. The molecule has 20 heavy (non-hydrogen) atoms. The van der Waals surface area contributed by atoms with Gasteiger partial charge in [0.25, 0.3) is 0 Å².